The minimum absolute atomic E-state index is 0.0519. The van der Waals surface area contributed by atoms with Crippen LogP contribution in [0.3, 0.4) is 0 Å². The van der Waals surface area contributed by atoms with Crippen molar-refractivity contribution in [2.45, 2.75) is 38.0 Å². The molecule has 27 heavy (non-hydrogen) atoms. The highest BCUT2D eigenvalue weighted by Gasteiger charge is 2.44. The first-order valence-electron chi connectivity index (χ1n) is 8.62. The van der Waals surface area contributed by atoms with Crippen LogP contribution in [-0.4, -0.2) is 15.7 Å². The van der Waals surface area contributed by atoms with Crippen molar-refractivity contribution < 1.29 is 13.6 Å². The Morgan fingerprint density at radius 1 is 1.30 bits per heavy atom. The summed E-state index contributed by atoms with van der Waals surface area (Å²) in [4.78, 5) is 12.8. The summed E-state index contributed by atoms with van der Waals surface area (Å²) in [7, 11) is 1.54. The Bertz CT molecular complexity index is 980. The SMILES string of the molecule is Cc1c(C(=O)Nc2cccc3c2C2CCC3C2=C(Cl)Cl)c(C(F)F)nn1C. The number of rotatable bonds is 3. The van der Waals surface area contributed by atoms with Gasteiger partial charge in [-0.3, -0.25) is 9.48 Å². The Balaban J connectivity index is 1.74. The molecule has 0 saturated heterocycles. The summed E-state index contributed by atoms with van der Waals surface area (Å²) in [5.41, 5.74) is 3.47. The molecular weight excluding hydrogens is 395 g/mol. The number of anilines is 1. The van der Waals surface area contributed by atoms with Gasteiger partial charge in [0.1, 0.15) is 10.2 Å². The van der Waals surface area contributed by atoms with E-state index in [9.17, 15) is 13.6 Å². The second kappa shape index (κ2) is 6.60. The predicted octanol–water partition coefficient (Wildman–Crippen LogP) is 5.58. The summed E-state index contributed by atoms with van der Waals surface area (Å²) >= 11 is 12.2. The predicted molar refractivity (Wildman–Crippen MR) is 101 cm³/mol. The molecule has 1 aromatic heterocycles. The summed E-state index contributed by atoms with van der Waals surface area (Å²) < 4.78 is 28.2. The molecule has 1 aromatic carbocycles. The first-order valence-corrected chi connectivity index (χ1v) is 9.37. The van der Waals surface area contributed by atoms with Crippen molar-refractivity contribution in [2.24, 2.45) is 7.05 Å². The van der Waals surface area contributed by atoms with Gasteiger partial charge in [-0.25, -0.2) is 8.78 Å². The zero-order valence-electron chi connectivity index (χ0n) is 14.7. The molecular formula is C19H17Cl2F2N3O. The third kappa shape index (κ3) is 2.77. The monoisotopic (exact) mass is 411 g/mol. The maximum atomic E-state index is 13.3. The third-order valence-electron chi connectivity index (χ3n) is 5.62. The first kappa shape index (κ1) is 18.4. The highest BCUT2D eigenvalue weighted by atomic mass is 35.5. The van der Waals surface area contributed by atoms with Crippen molar-refractivity contribution in [1.29, 1.82) is 0 Å². The van der Waals surface area contributed by atoms with E-state index in [1.165, 1.54) is 11.7 Å². The third-order valence-corrected chi connectivity index (χ3v) is 6.06. The van der Waals surface area contributed by atoms with Gasteiger partial charge in [-0.05, 0) is 42.5 Å². The molecule has 1 fully saturated rings. The van der Waals surface area contributed by atoms with Crippen molar-refractivity contribution in [3.05, 3.63) is 56.3 Å². The Hall–Kier alpha value is -1.92. The van der Waals surface area contributed by atoms with E-state index in [0.717, 1.165) is 29.5 Å². The molecule has 2 bridgehead atoms. The normalized spacial score (nSPS) is 20.3. The number of hydrogen-bond acceptors (Lipinski definition) is 2. The van der Waals surface area contributed by atoms with Gasteiger partial charge in [-0.2, -0.15) is 5.10 Å². The molecule has 2 aromatic rings. The molecule has 0 aliphatic heterocycles. The summed E-state index contributed by atoms with van der Waals surface area (Å²) in [6, 6.07) is 5.63. The second-order valence-electron chi connectivity index (χ2n) is 6.93. The molecule has 1 heterocycles. The lowest BCUT2D eigenvalue weighted by atomic mass is 9.90. The molecule has 2 aliphatic carbocycles. The van der Waals surface area contributed by atoms with Crippen molar-refractivity contribution in [3.8, 4) is 0 Å². The molecule has 1 amide bonds. The van der Waals surface area contributed by atoms with E-state index >= 15 is 0 Å². The van der Waals surface area contributed by atoms with Crippen molar-refractivity contribution in [3.63, 3.8) is 0 Å². The molecule has 142 valence electrons. The van der Waals surface area contributed by atoms with Crippen LogP contribution in [-0.2, 0) is 7.05 Å². The van der Waals surface area contributed by atoms with Crippen LogP contribution in [0.25, 0.3) is 0 Å². The summed E-state index contributed by atoms with van der Waals surface area (Å²) in [5.74, 6) is -0.380. The van der Waals surface area contributed by atoms with Gasteiger partial charge in [0.15, 0.2) is 0 Å². The van der Waals surface area contributed by atoms with Crippen molar-refractivity contribution in [1.82, 2.24) is 9.78 Å². The van der Waals surface area contributed by atoms with Gasteiger partial charge in [0.2, 0.25) is 0 Å². The summed E-state index contributed by atoms with van der Waals surface area (Å²) in [6.07, 6.45) is -0.963. The zero-order valence-corrected chi connectivity index (χ0v) is 16.2. The molecule has 2 atom stereocenters. The van der Waals surface area contributed by atoms with Gasteiger partial charge < -0.3 is 5.32 Å². The van der Waals surface area contributed by atoms with Crippen LogP contribution in [0.2, 0.25) is 0 Å². The number of benzene rings is 1. The second-order valence-corrected chi connectivity index (χ2v) is 7.88. The number of hydrogen-bond donors (Lipinski definition) is 1. The average molecular weight is 412 g/mol. The molecule has 2 aliphatic rings. The van der Waals surface area contributed by atoms with Gasteiger partial charge in [0, 0.05) is 30.3 Å². The van der Waals surface area contributed by atoms with Crippen molar-refractivity contribution in [2.75, 3.05) is 5.32 Å². The lowest BCUT2D eigenvalue weighted by Crippen LogP contribution is -2.17. The molecule has 4 rings (SSSR count). The lowest BCUT2D eigenvalue weighted by molar-refractivity contribution is 0.101. The molecule has 2 unspecified atom stereocenters. The topological polar surface area (TPSA) is 46.9 Å². The number of halogens is 4. The number of allylic oxidation sites excluding steroid dienone is 1. The number of fused-ring (bicyclic) bond motifs is 5. The van der Waals surface area contributed by atoms with Crippen LogP contribution in [0.5, 0.6) is 0 Å². The largest absolute Gasteiger partial charge is 0.322 e. The van der Waals surface area contributed by atoms with Gasteiger partial charge >= 0.3 is 0 Å². The number of amides is 1. The highest BCUT2D eigenvalue weighted by Crippen LogP contribution is 2.60. The zero-order chi connectivity index (χ0) is 19.5. The van der Waals surface area contributed by atoms with Crippen LogP contribution < -0.4 is 5.32 Å². The smallest absolute Gasteiger partial charge is 0.282 e. The van der Waals surface area contributed by atoms with Crippen LogP contribution in [0.15, 0.2) is 28.3 Å². The van der Waals surface area contributed by atoms with E-state index in [1.54, 1.807) is 13.0 Å². The van der Waals surface area contributed by atoms with Gasteiger partial charge in [-0.1, -0.05) is 35.3 Å². The minimum Gasteiger partial charge on any atom is -0.322 e. The number of carbonyl (C=O) groups excluding carboxylic acids is 1. The maximum absolute atomic E-state index is 13.3. The van der Waals surface area contributed by atoms with E-state index < -0.39 is 18.0 Å². The fourth-order valence-electron chi connectivity index (χ4n) is 4.41. The Morgan fingerprint density at radius 3 is 2.67 bits per heavy atom. The Kier molecular flexibility index (Phi) is 4.51. The first-order chi connectivity index (χ1) is 12.8. The fourth-order valence-corrected chi connectivity index (χ4v) is 4.94. The average Bonchev–Trinajstić information content (AvgIpc) is 3.26. The van der Waals surface area contributed by atoms with E-state index in [1.807, 2.05) is 12.1 Å². The molecule has 1 saturated carbocycles. The molecule has 8 heteroatoms. The van der Waals surface area contributed by atoms with E-state index in [4.69, 9.17) is 23.2 Å². The van der Waals surface area contributed by atoms with E-state index in [2.05, 4.69) is 10.4 Å². The Labute approximate surface area is 165 Å². The molecule has 0 radical (unpaired) electrons. The number of nitrogens with zero attached hydrogens (tertiary/aromatic N) is 2. The lowest BCUT2D eigenvalue weighted by Gasteiger charge is -2.19. The van der Waals surface area contributed by atoms with Crippen LogP contribution in [0, 0.1) is 6.92 Å². The standard InChI is InChI=1S/C19H17Cl2F2N3O/c1-8-13(16(18(22)23)25-26(8)2)19(27)24-12-5-3-4-9-10-6-7-11(14(9)12)15(10)17(20)21/h3-5,10-11,18H,6-7H2,1-2H3,(H,24,27). The van der Waals surface area contributed by atoms with Gasteiger partial charge in [-0.15, -0.1) is 0 Å². The number of nitrogens with one attached hydrogen (secondary N) is 1. The van der Waals surface area contributed by atoms with Crippen LogP contribution in [0.4, 0.5) is 14.5 Å². The van der Waals surface area contributed by atoms with Gasteiger partial charge in [0.05, 0.1) is 5.56 Å². The number of alkyl halides is 2. The molecule has 4 nitrogen and oxygen atoms in total. The highest BCUT2D eigenvalue weighted by molar-refractivity contribution is 6.56. The summed E-state index contributed by atoms with van der Waals surface area (Å²) in [6.45, 7) is 1.60. The fraction of sp³-hybridized carbons (Fsp3) is 0.368. The van der Waals surface area contributed by atoms with E-state index in [-0.39, 0.29) is 21.9 Å². The molecule has 0 spiro atoms. The molecule has 1 N–H and O–H groups in total. The van der Waals surface area contributed by atoms with Gasteiger partial charge in [0.25, 0.3) is 12.3 Å². The van der Waals surface area contributed by atoms with Crippen molar-refractivity contribution >= 4 is 34.8 Å². The minimum atomic E-state index is -2.83. The van der Waals surface area contributed by atoms with Crippen LogP contribution >= 0.6 is 23.2 Å². The summed E-state index contributed by atoms with van der Waals surface area (Å²) in [5, 5.41) is 6.60. The number of aromatic nitrogens is 2. The number of carbonyl (C=O) groups is 1. The Morgan fingerprint density at radius 2 is 2.00 bits per heavy atom. The number of aryl methyl sites for hydroxylation is 1. The van der Waals surface area contributed by atoms with E-state index in [0.29, 0.717) is 11.4 Å². The maximum Gasteiger partial charge on any atom is 0.282 e. The van der Waals surface area contributed by atoms with Crippen LogP contribution in [0.1, 0.15) is 64.0 Å². The quantitative estimate of drug-likeness (QED) is 0.715.